The first-order valence-corrected chi connectivity index (χ1v) is 6.30. The van der Waals surface area contributed by atoms with E-state index in [0.29, 0.717) is 5.92 Å². The Bertz CT molecular complexity index is 244. The summed E-state index contributed by atoms with van der Waals surface area (Å²) in [5, 5.41) is 6.20. The van der Waals surface area contributed by atoms with Gasteiger partial charge in [0.05, 0.1) is 0 Å². The molecule has 0 aromatic rings. The molecule has 2 N–H and O–H groups in total. The van der Waals surface area contributed by atoms with Gasteiger partial charge in [-0.2, -0.15) is 0 Å². The van der Waals surface area contributed by atoms with Gasteiger partial charge in [-0.25, -0.2) is 4.79 Å². The third kappa shape index (κ3) is 7.21. The highest BCUT2D eigenvalue weighted by Gasteiger charge is 2.29. The Morgan fingerprint density at radius 3 is 2.18 bits per heavy atom. The highest BCUT2D eigenvalue weighted by atomic mass is 16.6. The van der Waals surface area contributed by atoms with Crippen LogP contribution in [0.25, 0.3) is 0 Å². The molecule has 0 saturated carbocycles. The van der Waals surface area contributed by atoms with Crippen molar-refractivity contribution in [2.75, 3.05) is 13.1 Å². The summed E-state index contributed by atoms with van der Waals surface area (Å²) < 4.78 is 5.26. The summed E-state index contributed by atoms with van der Waals surface area (Å²) in [6, 6.07) is 0. The van der Waals surface area contributed by atoms with E-state index in [-0.39, 0.29) is 11.6 Å². The van der Waals surface area contributed by atoms with Gasteiger partial charge in [0, 0.05) is 5.54 Å². The van der Waals surface area contributed by atoms with Crippen molar-refractivity contribution in [1.29, 1.82) is 0 Å². The average molecular weight is 244 g/mol. The average Bonchev–Trinajstić information content (AvgIpc) is 2.09. The zero-order valence-corrected chi connectivity index (χ0v) is 12.3. The molecule has 17 heavy (non-hydrogen) atoms. The van der Waals surface area contributed by atoms with Crippen LogP contribution in [0.1, 0.15) is 48.5 Å². The molecular formula is C13H28N2O2. The molecule has 0 aliphatic heterocycles. The Balaban J connectivity index is 4.28. The maximum Gasteiger partial charge on any atom is 0.408 e. The second-order valence-corrected chi connectivity index (χ2v) is 6.06. The smallest absolute Gasteiger partial charge is 0.408 e. The highest BCUT2D eigenvalue weighted by Crippen LogP contribution is 2.17. The zero-order chi connectivity index (χ0) is 13.7. The Morgan fingerprint density at radius 1 is 1.24 bits per heavy atom. The summed E-state index contributed by atoms with van der Waals surface area (Å²) in [5.41, 5.74) is -0.741. The second kappa shape index (κ2) is 6.24. The summed E-state index contributed by atoms with van der Waals surface area (Å²) in [4.78, 5) is 11.7. The molecule has 4 nitrogen and oxygen atoms in total. The number of hydrogen-bond acceptors (Lipinski definition) is 3. The van der Waals surface area contributed by atoms with Crippen LogP contribution in [0.15, 0.2) is 0 Å². The fourth-order valence-electron chi connectivity index (χ4n) is 1.31. The van der Waals surface area contributed by atoms with Gasteiger partial charge in [-0.3, -0.25) is 0 Å². The van der Waals surface area contributed by atoms with Crippen molar-refractivity contribution in [3.63, 3.8) is 0 Å². The maximum atomic E-state index is 11.7. The predicted molar refractivity (Wildman–Crippen MR) is 71.2 cm³/mol. The molecule has 0 radical (unpaired) electrons. The standard InChI is InChI=1S/C13H28N2O2/c1-8-14-9-10(2)13(6,7)15-11(16)17-12(3,4)5/h10,14H,8-9H2,1-7H3,(H,15,16). The first-order valence-electron chi connectivity index (χ1n) is 6.30. The molecule has 0 heterocycles. The van der Waals surface area contributed by atoms with Crippen molar-refractivity contribution >= 4 is 6.09 Å². The maximum absolute atomic E-state index is 11.7. The largest absolute Gasteiger partial charge is 0.444 e. The highest BCUT2D eigenvalue weighted by molar-refractivity contribution is 5.68. The molecule has 0 aliphatic carbocycles. The normalized spacial score (nSPS) is 14.3. The number of amides is 1. The molecule has 1 unspecified atom stereocenters. The van der Waals surface area contributed by atoms with E-state index in [1.807, 2.05) is 34.6 Å². The fourth-order valence-corrected chi connectivity index (χ4v) is 1.31. The molecule has 0 fully saturated rings. The van der Waals surface area contributed by atoms with Gasteiger partial charge in [0.15, 0.2) is 0 Å². The molecule has 0 saturated heterocycles. The molecule has 4 heteroatoms. The lowest BCUT2D eigenvalue weighted by molar-refractivity contribution is 0.0441. The molecule has 0 bridgehead atoms. The topological polar surface area (TPSA) is 50.4 Å². The van der Waals surface area contributed by atoms with Gasteiger partial charge in [0.2, 0.25) is 0 Å². The summed E-state index contributed by atoms with van der Waals surface area (Å²) in [6.07, 6.45) is -0.356. The molecule has 1 amide bonds. The van der Waals surface area contributed by atoms with E-state index in [4.69, 9.17) is 4.74 Å². The lowest BCUT2D eigenvalue weighted by Gasteiger charge is -2.34. The first-order chi connectivity index (χ1) is 7.58. The van der Waals surface area contributed by atoms with Gasteiger partial charge in [0.25, 0.3) is 0 Å². The predicted octanol–water partition coefficient (Wildman–Crippen LogP) is 2.54. The summed E-state index contributed by atoms with van der Waals surface area (Å²) in [7, 11) is 0. The number of hydrogen-bond donors (Lipinski definition) is 2. The molecule has 1 atom stereocenters. The minimum atomic E-state index is -0.453. The molecule has 0 aromatic heterocycles. The van der Waals surface area contributed by atoms with Gasteiger partial charge in [0.1, 0.15) is 5.60 Å². The molecule has 0 aromatic carbocycles. The fraction of sp³-hybridized carbons (Fsp3) is 0.923. The SMILES string of the molecule is CCNCC(C)C(C)(C)NC(=O)OC(C)(C)C. The number of rotatable bonds is 5. The van der Waals surface area contributed by atoms with Gasteiger partial charge in [-0.15, -0.1) is 0 Å². The van der Waals surface area contributed by atoms with E-state index in [1.165, 1.54) is 0 Å². The second-order valence-electron chi connectivity index (χ2n) is 6.06. The lowest BCUT2D eigenvalue weighted by atomic mass is 9.89. The van der Waals surface area contributed by atoms with Crippen molar-refractivity contribution in [2.24, 2.45) is 5.92 Å². The van der Waals surface area contributed by atoms with E-state index < -0.39 is 5.60 Å². The van der Waals surface area contributed by atoms with Crippen LogP contribution < -0.4 is 10.6 Å². The molecule has 102 valence electrons. The van der Waals surface area contributed by atoms with Crippen LogP contribution in [0.5, 0.6) is 0 Å². The van der Waals surface area contributed by atoms with Crippen molar-refractivity contribution in [3.05, 3.63) is 0 Å². The number of carbonyl (C=O) groups excluding carboxylic acids is 1. The van der Waals surface area contributed by atoms with E-state index >= 15 is 0 Å². The van der Waals surface area contributed by atoms with Gasteiger partial charge < -0.3 is 15.4 Å². The van der Waals surface area contributed by atoms with Crippen molar-refractivity contribution in [1.82, 2.24) is 10.6 Å². The van der Waals surface area contributed by atoms with Crippen LogP contribution in [0.3, 0.4) is 0 Å². The van der Waals surface area contributed by atoms with Crippen LogP contribution in [-0.2, 0) is 4.74 Å². The monoisotopic (exact) mass is 244 g/mol. The number of nitrogens with one attached hydrogen (secondary N) is 2. The third-order valence-corrected chi connectivity index (χ3v) is 2.76. The van der Waals surface area contributed by atoms with Crippen LogP contribution in [0, 0.1) is 5.92 Å². The summed E-state index contributed by atoms with van der Waals surface area (Å²) in [6.45, 7) is 15.6. The summed E-state index contributed by atoms with van der Waals surface area (Å²) >= 11 is 0. The third-order valence-electron chi connectivity index (χ3n) is 2.76. The Hall–Kier alpha value is -0.770. The van der Waals surface area contributed by atoms with Crippen molar-refractivity contribution in [3.8, 4) is 0 Å². The van der Waals surface area contributed by atoms with Crippen molar-refractivity contribution < 1.29 is 9.53 Å². The van der Waals surface area contributed by atoms with E-state index in [0.717, 1.165) is 13.1 Å². The van der Waals surface area contributed by atoms with Gasteiger partial charge in [-0.05, 0) is 53.6 Å². The zero-order valence-electron chi connectivity index (χ0n) is 12.3. The van der Waals surface area contributed by atoms with E-state index in [1.54, 1.807) is 0 Å². The Kier molecular flexibility index (Phi) is 5.96. The number of alkyl carbamates (subject to hydrolysis) is 1. The lowest BCUT2D eigenvalue weighted by Crippen LogP contribution is -2.52. The first kappa shape index (κ1) is 16.2. The van der Waals surface area contributed by atoms with Gasteiger partial charge in [-0.1, -0.05) is 13.8 Å². The minimum Gasteiger partial charge on any atom is -0.444 e. The van der Waals surface area contributed by atoms with Crippen LogP contribution >= 0.6 is 0 Å². The van der Waals surface area contributed by atoms with Crippen LogP contribution in [0.4, 0.5) is 4.79 Å². The summed E-state index contributed by atoms with van der Waals surface area (Å²) in [5.74, 6) is 0.329. The van der Waals surface area contributed by atoms with E-state index in [9.17, 15) is 4.79 Å². The van der Waals surface area contributed by atoms with Crippen LogP contribution in [0.2, 0.25) is 0 Å². The molecule has 0 aliphatic rings. The molecule has 0 spiro atoms. The van der Waals surface area contributed by atoms with Gasteiger partial charge >= 0.3 is 6.09 Å². The van der Waals surface area contributed by atoms with E-state index in [2.05, 4.69) is 24.5 Å². The van der Waals surface area contributed by atoms with Crippen LogP contribution in [-0.4, -0.2) is 30.3 Å². The minimum absolute atomic E-state index is 0.287. The Morgan fingerprint density at radius 2 is 1.76 bits per heavy atom. The quantitative estimate of drug-likeness (QED) is 0.781. The number of ether oxygens (including phenoxy) is 1. The molecular weight excluding hydrogens is 216 g/mol. The van der Waals surface area contributed by atoms with Crippen molar-refractivity contribution in [2.45, 2.75) is 59.6 Å². The molecule has 0 rings (SSSR count). The Labute approximate surface area is 105 Å². The number of carbonyl (C=O) groups is 1.